The van der Waals surface area contributed by atoms with E-state index in [9.17, 15) is 16.8 Å². The number of nitrogens with zero attached hydrogens (tertiary/aromatic N) is 1. The Morgan fingerprint density at radius 1 is 0.913 bits per heavy atom. The van der Waals surface area contributed by atoms with Gasteiger partial charge in [0.15, 0.2) is 9.84 Å². The SMILES string of the molecule is O=S1(=O)C=C[C@H](N(c2ccccc2)S(=O)(=O)c2ccccc2)C1. The molecular weight excluding hydrogens is 334 g/mol. The van der Waals surface area contributed by atoms with Crippen molar-refractivity contribution in [2.24, 2.45) is 0 Å². The van der Waals surface area contributed by atoms with E-state index in [0.717, 1.165) is 5.41 Å². The molecule has 0 aromatic heterocycles. The maximum Gasteiger partial charge on any atom is 0.264 e. The van der Waals surface area contributed by atoms with Crippen LogP contribution in [0, 0.1) is 0 Å². The average Bonchev–Trinajstić information content (AvgIpc) is 2.89. The third kappa shape index (κ3) is 3.16. The molecule has 3 rings (SSSR count). The summed E-state index contributed by atoms with van der Waals surface area (Å²) in [5.41, 5.74) is 0.433. The quantitative estimate of drug-likeness (QED) is 0.848. The molecule has 2 aromatic rings. The predicted octanol–water partition coefficient (Wildman–Crippen LogP) is 2.19. The lowest BCUT2D eigenvalue weighted by molar-refractivity contribution is 0.586. The van der Waals surface area contributed by atoms with Crippen LogP contribution in [0.4, 0.5) is 5.69 Å². The Labute approximate surface area is 135 Å². The first-order valence-electron chi connectivity index (χ1n) is 6.96. The third-order valence-corrected chi connectivity index (χ3v) is 6.77. The van der Waals surface area contributed by atoms with E-state index < -0.39 is 25.9 Å². The molecule has 2 aromatic carbocycles. The molecule has 0 radical (unpaired) electrons. The predicted molar refractivity (Wildman–Crippen MR) is 89.3 cm³/mol. The van der Waals surface area contributed by atoms with Crippen molar-refractivity contribution in [2.75, 3.05) is 10.1 Å². The van der Waals surface area contributed by atoms with Crippen molar-refractivity contribution in [2.45, 2.75) is 10.9 Å². The largest absolute Gasteiger partial charge is 0.264 e. The second-order valence-electron chi connectivity index (χ2n) is 5.17. The minimum Gasteiger partial charge on any atom is -0.258 e. The van der Waals surface area contributed by atoms with Gasteiger partial charge in [-0.3, -0.25) is 4.31 Å². The first-order chi connectivity index (χ1) is 10.9. The van der Waals surface area contributed by atoms with Gasteiger partial charge in [-0.15, -0.1) is 0 Å². The van der Waals surface area contributed by atoms with E-state index in [1.165, 1.54) is 22.5 Å². The van der Waals surface area contributed by atoms with Crippen molar-refractivity contribution in [3.63, 3.8) is 0 Å². The van der Waals surface area contributed by atoms with Gasteiger partial charge in [0.2, 0.25) is 0 Å². The second kappa shape index (κ2) is 5.82. The molecule has 1 atom stereocenters. The van der Waals surface area contributed by atoms with Gasteiger partial charge in [-0.2, -0.15) is 0 Å². The standard InChI is InChI=1S/C16H15NO4S2/c18-22(19)12-11-15(13-22)17(14-7-3-1-4-8-14)23(20,21)16-9-5-2-6-10-16/h1-12,15H,13H2/t15-/m0/s1. The molecule has 1 heterocycles. The molecule has 0 amide bonds. The molecule has 120 valence electrons. The van der Waals surface area contributed by atoms with E-state index in [2.05, 4.69) is 0 Å². The Kier molecular flexibility index (Phi) is 3.99. The molecule has 1 aliphatic heterocycles. The Balaban J connectivity index is 2.12. The Morgan fingerprint density at radius 3 is 2.00 bits per heavy atom. The number of rotatable bonds is 4. The smallest absolute Gasteiger partial charge is 0.258 e. The van der Waals surface area contributed by atoms with Crippen LogP contribution in [-0.2, 0) is 19.9 Å². The average molecular weight is 349 g/mol. The number of sulfone groups is 1. The van der Waals surface area contributed by atoms with Crippen molar-refractivity contribution in [3.8, 4) is 0 Å². The van der Waals surface area contributed by atoms with Crippen LogP contribution < -0.4 is 4.31 Å². The number of sulfonamides is 1. The minimum atomic E-state index is -3.87. The van der Waals surface area contributed by atoms with Crippen LogP contribution in [0.5, 0.6) is 0 Å². The molecular formula is C16H15NO4S2. The summed E-state index contributed by atoms with van der Waals surface area (Å²) in [6, 6.07) is 15.8. The fourth-order valence-electron chi connectivity index (χ4n) is 2.49. The minimum absolute atomic E-state index is 0.126. The number of para-hydroxylation sites is 1. The van der Waals surface area contributed by atoms with Crippen LogP contribution in [0.15, 0.2) is 77.0 Å². The zero-order valence-electron chi connectivity index (χ0n) is 12.1. The zero-order valence-corrected chi connectivity index (χ0v) is 13.7. The van der Waals surface area contributed by atoms with E-state index in [1.807, 2.05) is 0 Å². The summed E-state index contributed by atoms with van der Waals surface area (Å²) in [6.45, 7) is 0. The highest BCUT2D eigenvalue weighted by Gasteiger charge is 2.35. The van der Waals surface area contributed by atoms with Crippen molar-refractivity contribution in [1.29, 1.82) is 0 Å². The number of hydrogen-bond donors (Lipinski definition) is 0. The summed E-state index contributed by atoms with van der Waals surface area (Å²) in [5.74, 6) is -0.256. The third-order valence-electron chi connectivity index (χ3n) is 3.52. The molecule has 0 bridgehead atoms. The fourth-order valence-corrected chi connectivity index (χ4v) is 5.49. The van der Waals surface area contributed by atoms with E-state index >= 15 is 0 Å². The topological polar surface area (TPSA) is 71.5 Å². The molecule has 0 unspecified atom stereocenters. The molecule has 0 spiro atoms. The van der Waals surface area contributed by atoms with Gasteiger partial charge in [0.05, 0.1) is 22.4 Å². The maximum atomic E-state index is 13.0. The Bertz CT molecular complexity index is 921. The normalized spacial score (nSPS) is 19.6. The van der Waals surface area contributed by atoms with Gasteiger partial charge < -0.3 is 0 Å². The van der Waals surface area contributed by atoms with Crippen molar-refractivity contribution in [3.05, 3.63) is 72.1 Å². The Hall–Kier alpha value is -2.12. The summed E-state index contributed by atoms with van der Waals surface area (Å²) in [7, 11) is -7.25. The molecule has 0 aliphatic carbocycles. The molecule has 1 aliphatic rings. The molecule has 0 fully saturated rings. The highest BCUT2D eigenvalue weighted by molar-refractivity contribution is 7.95. The monoisotopic (exact) mass is 349 g/mol. The van der Waals surface area contributed by atoms with Crippen molar-refractivity contribution < 1.29 is 16.8 Å². The molecule has 0 N–H and O–H groups in total. The molecule has 7 heteroatoms. The van der Waals surface area contributed by atoms with Crippen LogP contribution >= 0.6 is 0 Å². The van der Waals surface area contributed by atoms with Crippen LogP contribution in [0.3, 0.4) is 0 Å². The zero-order chi connectivity index (χ0) is 16.5. The van der Waals surface area contributed by atoms with Crippen molar-refractivity contribution >= 4 is 25.5 Å². The summed E-state index contributed by atoms with van der Waals surface area (Å²) in [6.07, 6.45) is 1.42. The fraction of sp³-hybridized carbons (Fsp3) is 0.125. The molecule has 0 saturated carbocycles. The first-order valence-corrected chi connectivity index (χ1v) is 10.1. The van der Waals surface area contributed by atoms with Crippen LogP contribution in [0.1, 0.15) is 0 Å². The number of anilines is 1. The highest BCUT2D eigenvalue weighted by atomic mass is 32.2. The second-order valence-corrected chi connectivity index (χ2v) is 8.92. The van der Waals surface area contributed by atoms with Gasteiger partial charge in [-0.05, 0) is 30.3 Å². The number of hydrogen-bond acceptors (Lipinski definition) is 4. The van der Waals surface area contributed by atoms with Gasteiger partial charge in [0.1, 0.15) is 0 Å². The summed E-state index contributed by atoms with van der Waals surface area (Å²) >= 11 is 0. The van der Waals surface area contributed by atoms with Gasteiger partial charge in [-0.1, -0.05) is 36.4 Å². The van der Waals surface area contributed by atoms with Crippen molar-refractivity contribution in [1.82, 2.24) is 0 Å². The summed E-state index contributed by atoms with van der Waals surface area (Å²) in [4.78, 5) is 0.126. The lowest BCUT2D eigenvalue weighted by atomic mass is 10.2. The van der Waals surface area contributed by atoms with Crippen LogP contribution in [0.2, 0.25) is 0 Å². The molecule has 0 saturated heterocycles. The first kappa shape index (κ1) is 15.8. The maximum absolute atomic E-state index is 13.0. The van der Waals surface area contributed by atoms with Crippen LogP contribution in [-0.4, -0.2) is 28.6 Å². The van der Waals surface area contributed by atoms with E-state index in [1.54, 1.807) is 48.5 Å². The lowest BCUT2D eigenvalue weighted by Gasteiger charge is -2.28. The molecule has 23 heavy (non-hydrogen) atoms. The Morgan fingerprint density at radius 2 is 1.48 bits per heavy atom. The summed E-state index contributed by atoms with van der Waals surface area (Å²) in [5, 5.41) is 1.08. The van der Waals surface area contributed by atoms with Crippen LogP contribution in [0.25, 0.3) is 0 Å². The molecule has 5 nitrogen and oxygen atoms in total. The van der Waals surface area contributed by atoms with E-state index in [-0.39, 0.29) is 10.6 Å². The van der Waals surface area contributed by atoms with Gasteiger partial charge >= 0.3 is 0 Å². The van der Waals surface area contributed by atoms with E-state index in [4.69, 9.17) is 0 Å². The summed E-state index contributed by atoms with van der Waals surface area (Å²) < 4.78 is 50.7. The van der Waals surface area contributed by atoms with E-state index in [0.29, 0.717) is 5.69 Å². The number of benzene rings is 2. The van der Waals surface area contributed by atoms with Gasteiger partial charge in [0.25, 0.3) is 10.0 Å². The highest BCUT2D eigenvalue weighted by Crippen LogP contribution is 2.29. The lowest BCUT2D eigenvalue weighted by Crippen LogP contribution is -2.41. The van der Waals surface area contributed by atoms with Gasteiger partial charge in [0, 0.05) is 5.41 Å². The van der Waals surface area contributed by atoms with Gasteiger partial charge in [-0.25, -0.2) is 16.8 Å².